The molecule has 1 aromatic heterocycles. The van der Waals surface area contributed by atoms with E-state index in [-0.39, 0.29) is 5.91 Å². The topological polar surface area (TPSA) is 61.4 Å². The van der Waals surface area contributed by atoms with Crippen LogP contribution < -0.4 is 10.2 Å². The number of hydrogen-bond acceptors (Lipinski definition) is 5. The second-order valence-electron chi connectivity index (χ2n) is 8.22. The first-order valence-electron chi connectivity index (χ1n) is 10.9. The number of rotatable bonds is 4. The molecule has 1 saturated carbocycles. The molecule has 4 rings (SSSR count). The lowest BCUT2D eigenvalue weighted by atomic mass is 10.1. The van der Waals surface area contributed by atoms with E-state index in [4.69, 9.17) is 0 Å². The number of nitrogens with one attached hydrogen (secondary N) is 1. The summed E-state index contributed by atoms with van der Waals surface area (Å²) < 4.78 is 0. The van der Waals surface area contributed by atoms with Gasteiger partial charge in [-0.15, -0.1) is 0 Å². The van der Waals surface area contributed by atoms with E-state index in [1.54, 1.807) is 12.3 Å². The molecule has 154 valence electrons. The Morgan fingerprint density at radius 1 is 1.03 bits per heavy atom. The van der Waals surface area contributed by atoms with Gasteiger partial charge < -0.3 is 15.1 Å². The summed E-state index contributed by atoms with van der Waals surface area (Å²) in [5.74, 6) is 0.585. The lowest BCUT2D eigenvalue weighted by molar-refractivity contribution is 0.0741. The number of aromatic nitrogens is 2. The molecular formula is C23H31N5O. The van der Waals surface area contributed by atoms with Crippen LogP contribution in [0.25, 0.3) is 0 Å². The van der Waals surface area contributed by atoms with Gasteiger partial charge in [-0.05, 0) is 43.5 Å². The molecule has 1 saturated heterocycles. The van der Waals surface area contributed by atoms with Crippen LogP contribution >= 0.6 is 0 Å². The highest BCUT2D eigenvalue weighted by Crippen LogP contribution is 2.21. The third kappa shape index (κ3) is 5.05. The highest BCUT2D eigenvalue weighted by atomic mass is 16.2. The molecule has 2 heterocycles. The van der Waals surface area contributed by atoms with E-state index in [9.17, 15) is 4.79 Å². The van der Waals surface area contributed by atoms with Crippen molar-refractivity contribution in [2.45, 2.75) is 51.5 Å². The Morgan fingerprint density at radius 2 is 1.79 bits per heavy atom. The molecule has 1 amide bonds. The molecule has 1 aliphatic carbocycles. The van der Waals surface area contributed by atoms with Gasteiger partial charge in [-0.3, -0.25) is 4.79 Å². The maximum atomic E-state index is 13.0. The monoisotopic (exact) mass is 393 g/mol. The molecule has 2 aromatic rings. The molecule has 1 aliphatic heterocycles. The standard InChI is InChI=1S/C23H31N5O/c1-18-7-6-10-20(17-18)27-13-15-28(16-14-27)22(29)21-11-12-24-23(26-21)25-19-8-4-2-3-5-9-19/h6-7,10-12,17,19H,2-5,8-9,13-16H2,1H3,(H,24,25,26). The molecule has 2 aliphatic rings. The normalized spacial score (nSPS) is 18.4. The second kappa shape index (κ2) is 9.25. The predicted molar refractivity (Wildman–Crippen MR) is 116 cm³/mol. The summed E-state index contributed by atoms with van der Waals surface area (Å²) >= 11 is 0. The number of carbonyl (C=O) groups is 1. The minimum atomic E-state index is 0.000193. The summed E-state index contributed by atoms with van der Waals surface area (Å²) in [6.45, 7) is 5.21. The van der Waals surface area contributed by atoms with Gasteiger partial charge in [0.25, 0.3) is 5.91 Å². The maximum Gasteiger partial charge on any atom is 0.272 e. The largest absolute Gasteiger partial charge is 0.368 e. The molecule has 2 fully saturated rings. The molecule has 6 nitrogen and oxygen atoms in total. The van der Waals surface area contributed by atoms with Gasteiger partial charge in [0.2, 0.25) is 5.95 Å². The Balaban J connectivity index is 1.36. The van der Waals surface area contributed by atoms with Gasteiger partial charge in [-0.2, -0.15) is 0 Å². The van der Waals surface area contributed by atoms with Crippen molar-refractivity contribution in [3.05, 3.63) is 47.8 Å². The van der Waals surface area contributed by atoms with Gasteiger partial charge in [0.1, 0.15) is 5.69 Å². The van der Waals surface area contributed by atoms with Crippen molar-refractivity contribution in [1.29, 1.82) is 0 Å². The number of aryl methyl sites for hydroxylation is 1. The molecule has 0 radical (unpaired) electrons. The van der Waals surface area contributed by atoms with E-state index >= 15 is 0 Å². The SMILES string of the molecule is Cc1cccc(N2CCN(C(=O)c3ccnc(NC4CCCCCC4)n3)CC2)c1. The first kappa shape index (κ1) is 19.7. The van der Waals surface area contributed by atoms with E-state index in [2.05, 4.69) is 51.4 Å². The van der Waals surface area contributed by atoms with Crippen molar-refractivity contribution in [1.82, 2.24) is 14.9 Å². The summed E-state index contributed by atoms with van der Waals surface area (Å²) in [6, 6.07) is 10.7. The average molecular weight is 394 g/mol. The highest BCUT2D eigenvalue weighted by molar-refractivity contribution is 5.92. The predicted octanol–water partition coefficient (Wildman–Crippen LogP) is 3.88. The van der Waals surface area contributed by atoms with Crippen molar-refractivity contribution in [2.24, 2.45) is 0 Å². The molecule has 0 spiro atoms. The fourth-order valence-electron chi connectivity index (χ4n) is 4.31. The summed E-state index contributed by atoms with van der Waals surface area (Å²) in [5.41, 5.74) is 2.98. The number of carbonyl (C=O) groups excluding carboxylic acids is 1. The zero-order valence-electron chi connectivity index (χ0n) is 17.3. The lowest BCUT2D eigenvalue weighted by Gasteiger charge is -2.36. The van der Waals surface area contributed by atoms with Gasteiger partial charge in [0.15, 0.2) is 0 Å². The Hall–Kier alpha value is -2.63. The first-order valence-corrected chi connectivity index (χ1v) is 10.9. The van der Waals surface area contributed by atoms with Crippen LogP contribution in [0.3, 0.4) is 0 Å². The second-order valence-corrected chi connectivity index (χ2v) is 8.22. The van der Waals surface area contributed by atoms with E-state index in [1.165, 1.54) is 36.9 Å². The van der Waals surface area contributed by atoms with Crippen molar-refractivity contribution >= 4 is 17.5 Å². The van der Waals surface area contributed by atoms with Crippen molar-refractivity contribution in [3.8, 4) is 0 Å². The van der Waals surface area contributed by atoms with E-state index in [1.807, 2.05) is 4.90 Å². The molecular weight excluding hydrogens is 362 g/mol. The van der Waals surface area contributed by atoms with E-state index in [0.717, 1.165) is 25.9 Å². The molecule has 1 aromatic carbocycles. The minimum Gasteiger partial charge on any atom is -0.368 e. The average Bonchev–Trinajstić information content (AvgIpc) is 3.02. The van der Waals surface area contributed by atoms with Crippen LogP contribution in [0.2, 0.25) is 0 Å². The third-order valence-corrected chi connectivity index (χ3v) is 6.00. The third-order valence-electron chi connectivity index (χ3n) is 6.00. The van der Waals surface area contributed by atoms with Crippen LogP contribution in [0.15, 0.2) is 36.5 Å². The molecule has 0 bridgehead atoms. The van der Waals surface area contributed by atoms with Crippen molar-refractivity contribution in [3.63, 3.8) is 0 Å². The number of piperazine rings is 1. The lowest BCUT2D eigenvalue weighted by Crippen LogP contribution is -2.49. The zero-order chi connectivity index (χ0) is 20.1. The maximum absolute atomic E-state index is 13.0. The number of nitrogens with zero attached hydrogens (tertiary/aromatic N) is 4. The molecule has 0 atom stereocenters. The summed E-state index contributed by atoms with van der Waals surface area (Å²) in [6.07, 6.45) is 9.13. The van der Waals surface area contributed by atoms with Crippen LogP contribution in [0, 0.1) is 6.92 Å². The van der Waals surface area contributed by atoms with Crippen molar-refractivity contribution < 1.29 is 4.79 Å². The Bertz CT molecular complexity index is 824. The van der Waals surface area contributed by atoms with E-state index < -0.39 is 0 Å². The Morgan fingerprint density at radius 3 is 2.52 bits per heavy atom. The van der Waals surface area contributed by atoms with Gasteiger partial charge in [-0.25, -0.2) is 9.97 Å². The smallest absolute Gasteiger partial charge is 0.272 e. The van der Waals surface area contributed by atoms with Gasteiger partial charge in [-0.1, -0.05) is 37.8 Å². The van der Waals surface area contributed by atoms with Crippen LogP contribution in [0.4, 0.5) is 11.6 Å². The molecule has 0 unspecified atom stereocenters. The molecule has 6 heteroatoms. The van der Waals surface area contributed by atoms with Crippen LogP contribution in [-0.2, 0) is 0 Å². The summed E-state index contributed by atoms with van der Waals surface area (Å²) in [5, 5.41) is 3.45. The highest BCUT2D eigenvalue weighted by Gasteiger charge is 2.24. The zero-order valence-corrected chi connectivity index (χ0v) is 17.3. The number of benzene rings is 1. The minimum absolute atomic E-state index is 0.000193. The first-order chi connectivity index (χ1) is 14.2. The van der Waals surface area contributed by atoms with Crippen LogP contribution in [-0.4, -0.2) is 53.0 Å². The van der Waals surface area contributed by atoms with Crippen LogP contribution in [0.5, 0.6) is 0 Å². The molecule has 29 heavy (non-hydrogen) atoms. The fraction of sp³-hybridized carbons (Fsp3) is 0.522. The number of anilines is 2. The number of hydrogen-bond donors (Lipinski definition) is 1. The Labute approximate surface area is 173 Å². The Kier molecular flexibility index (Phi) is 6.27. The van der Waals surface area contributed by atoms with Crippen molar-refractivity contribution in [2.75, 3.05) is 36.4 Å². The molecule has 1 N–H and O–H groups in total. The van der Waals surface area contributed by atoms with Gasteiger partial charge in [0.05, 0.1) is 0 Å². The van der Waals surface area contributed by atoms with Gasteiger partial charge >= 0.3 is 0 Å². The quantitative estimate of drug-likeness (QED) is 0.799. The fourth-order valence-corrected chi connectivity index (χ4v) is 4.31. The summed E-state index contributed by atoms with van der Waals surface area (Å²) in [7, 11) is 0. The summed E-state index contributed by atoms with van der Waals surface area (Å²) in [4.78, 5) is 26.1. The number of amides is 1. The van der Waals surface area contributed by atoms with E-state index in [0.29, 0.717) is 30.8 Å². The van der Waals surface area contributed by atoms with Crippen LogP contribution in [0.1, 0.15) is 54.6 Å². The van der Waals surface area contributed by atoms with Gasteiger partial charge in [0, 0.05) is 44.1 Å².